The summed E-state index contributed by atoms with van der Waals surface area (Å²) in [6.07, 6.45) is 0. The molecule has 0 N–H and O–H groups in total. The first kappa shape index (κ1) is 33.9. The highest BCUT2D eigenvalue weighted by molar-refractivity contribution is 5.90. The van der Waals surface area contributed by atoms with Gasteiger partial charge in [-0.2, -0.15) is 5.26 Å². The van der Waals surface area contributed by atoms with Crippen LogP contribution in [0.1, 0.15) is 27.8 Å². The minimum atomic E-state index is -0.564. The van der Waals surface area contributed by atoms with Crippen molar-refractivity contribution < 1.29 is 0 Å². The van der Waals surface area contributed by atoms with Crippen LogP contribution in [0.25, 0.3) is 67.3 Å². The van der Waals surface area contributed by atoms with Crippen LogP contribution in [0.2, 0.25) is 0 Å². The number of aromatic nitrogens is 2. The highest BCUT2D eigenvalue weighted by atomic mass is 14.9. The van der Waals surface area contributed by atoms with Gasteiger partial charge in [-0.25, -0.2) is 9.97 Å². The van der Waals surface area contributed by atoms with Crippen molar-refractivity contribution in [3.05, 3.63) is 240 Å². The van der Waals surface area contributed by atoms with Crippen LogP contribution in [0.4, 0.5) is 0 Å². The smallest absolute Gasteiger partial charge is 0.160 e. The van der Waals surface area contributed by atoms with Gasteiger partial charge >= 0.3 is 0 Å². The zero-order chi connectivity index (χ0) is 38.2. The van der Waals surface area contributed by atoms with Gasteiger partial charge in [-0.15, -0.1) is 0 Å². The molecule has 0 fully saturated rings. The monoisotopic (exact) mass is 725 g/mol. The Morgan fingerprint density at radius 2 is 0.737 bits per heavy atom. The molecule has 57 heavy (non-hydrogen) atoms. The molecule has 0 bridgehead atoms. The quantitative estimate of drug-likeness (QED) is 0.164. The van der Waals surface area contributed by atoms with Crippen molar-refractivity contribution in [2.45, 2.75) is 5.41 Å². The Hall–Kier alpha value is -7.67. The summed E-state index contributed by atoms with van der Waals surface area (Å²) in [5.41, 5.74) is 16.8. The minimum Gasteiger partial charge on any atom is -0.228 e. The standard InChI is InChI=1S/C54H35N3/c55-36-37-21-23-38(24-22-37)43-29-31-47-48-32-30-44(34-50(48)54(49(47)33-43,45-17-9-3-10-18-45)46-19-11-4-12-20-46)39-25-27-42(28-26-39)53-56-51(40-13-5-1-6-14-40)35-52(57-53)41-15-7-2-8-16-41/h1-35H. The van der Waals surface area contributed by atoms with E-state index in [0.717, 1.165) is 50.3 Å². The Morgan fingerprint density at radius 1 is 0.351 bits per heavy atom. The van der Waals surface area contributed by atoms with Gasteiger partial charge in [0.25, 0.3) is 0 Å². The molecule has 10 rings (SSSR count). The van der Waals surface area contributed by atoms with Gasteiger partial charge in [0.15, 0.2) is 5.82 Å². The first-order valence-electron chi connectivity index (χ1n) is 19.2. The average molecular weight is 726 g/mol. The van der Waals surface area contributed by atoms with Gasteiger partial charge in [0.1, 0.15) is 0 Å². The summed E-state index contributed by atoms with van der Waals surface area (Å²) >= 11 is 0. The zero-order valence-corrected chi connectivity index (χ0v) is 31.0. The molecule has 1 aliphatic carbocycles. The number of rotatable bonds is 7. The van der Waals surface area contributed by atoms with E-state index < -0.39 is 5.41 Å². The van der Waals surface area contributed by atoms with Crippen LogP contribution in [0, 0.1) is 11.3 Å². The van der Waals surface area contributed by atoms with E-state index in [9.17, 15) is 5.26 Å². The molecule has 0 saturated heterocycles. The summed E-state index contributed by atoms with van der Waals surface area (Å²) < 4.78 is 0. The summed E-state index contributed by atoms with van der Waals surface area (Å²) in [5.74, 6) is 0.691. The van der Waals surface area contributed by atoms with Crippen LogP contribution in [0.5, 0.6) is 0 Å². The Labute approximate surface area is 332 Å². The molecule has 8 aromatic carbocycles. The molecule has 3 nitrogen and oxygen atoms in total. The van der Waals surface area contributed by atoms with Gasteiger partial charge < -0.3 is 0 Å². The van der Waals surface area contributed by atoms with Crippen LogP contribution in [-0.2, 0) is 5.41 Å². The summed E-state index contributed by atoms with van der Waals surface area (Å²) in [6, 6.07) is 77.0. The van der Waals surface area contributed by atoms with Crippen molar-refractivity contribution in [1.29, 1.82) is 5.26 Å². The number of hydrogen-bond acceptors (Lipinski definition) is 3. The fourth-order valence-corrected chi connectivity index (χ4v) is 8.49. The number of fused-ring (bicyclic) bond motifs is 3. The first-order valence-corrected chi connectivity index (χ1v) is 19.2. The van der Waals surface area contributed by atoms with E-state index in [1.54, 1.807) is 0 Å². The van der Waals surface area contributed by atoms with Crippen molar-refractivity contribution in [2.24, 2.45) is 0 Å². The molecular formula is C54H35N3. The Balaban J connectivity index is 1.11. The van der Waals surface area contributed by atoms with Gasteiger partial charge in [0, 0.05) is 16.7 Å². The predicted molar refractivity (Wildman–Crippen MR) is 231 cm³/mol. The Kier molecular flexibility index (Phi) is 8.43. The third-order valence-corrected chi connectivity index (χ3v) is 11.2. The highest BCUT2D eigenvalue weighted by Crippen LogP contribution is 2.57. The van der Waals surface area contributed by atoms with E-state index >= 15 is 0 Å². The van der Waals surface area contributed by atoms with Crippen LogP contribution in [-0.4, -0.2) is 9.97 Å². The van der Waals surface area contributed by atoms with Crippen molar-refractivity contribution in [3.63, 3.8) is 0 Å². The maximum atomic E-state index is 9.46. The van der Waals surface area contributed by atoms with E-state index in [0.29, 0.717) is 11.4 Å². The lowest BCUT2D eigenvalue weighted by molar-refractivity contribution is 0.769. The largest absolute Gasteiger partial charge is 0.228 e. The van der Waals surface area contributed by atoms with E-state index in [4.69, 9.17) is 9.97 Å². The summed E-state index contributed by atoms with van der Waals surface area (Å²) in [4.78, 5) is 10.1. The molecule has 0 unspecified atom stereocenters. The number of nitriles is 1. The van der Waals surface area contributed by atoms with E-state index in [1.165, 1.54) is 33.4 Å². The molecule has 1 aliphatic rings. The van der Waals surface area contributed by atoms with Crippen LogP contribution in [0.3, 0.4) is 0 Å². The molecule has 0 spiro atoms. The van der Waals surface area contributed by atoms with E-state index in [1.807, 2.05) is 60.7 Å². The van der Waals surface area contributed by atoms with Gasteiger partial charge in [-0.1, -0.05) is 182 Å². The van der Waals surface area contributed by atoms with Crippen LogP contribution in [0.15, 0.2) is 212 Å². The van der Waals surface area contributed by atoms with Gasteiger partial charge in [0.2, 0.25) is 0 Å². The third-order valence-electron chi connectivity index (χ3n) is 11.2. The molecular weight excluding hydrogens is 691 g/mol. The van der Waals surface area contributed by atoms with Gasteiger partial charge in [-0.3, -0.25) is 0 Å². The molecule has 0 aliphatic heterocycles. The summed E-state index contributed by atoms with van der Waals surface area (Å²) in [5, 5.41) is 9.46. The molecule has 0 saturated carbocycles. The summed E-state index contributed by atoms with van der Waals surface area (Å²) in [7, 11) is 0. The van der Waals surface area contributed by atoms with E-state index in [2.05, 4.69) is 158 Å². The maximum Gasteiger partial charge on any atom is 0.160 e. The SMILES string of the molecule is N#Cc1ccc(-c2ccc3c(c2)C(c2ccccc2)(c2ccccc2)c2cc(-c4ccc(-c5nc(-c6ccccc6)cc(-c6ccccc6)n5)cc4)ccc2-3)cc1. The number of hydrogen-bond donors (Lipinski definition) is 0. The second-order valence-electron chi connectivity index (χ2n) is 14.5. The highest BCUT2D eigenvalue weighted by Gasteiger charge is 2.46. The average Bonchev–Trinajstić information content (AvgIpc) is 3.60. The lowest BCUT2D eigenvalue weighted by Gasteiger charge is -2.34. The lowest BCUT2D eigenvalue weighted by Crippen LogP contribution is -2.28. The molecule has 9 aromatic rings. The summed E-state index contributed by atoms with van der Waals surface area (Å²) in [6.45, 7) is 0. The normalized spacial score (nSPS) is 12.3. The second-order valence-corrected chi connectivity index (χ2v) is 14.5. The van der Waals surface area contributed by atoms with E-state index in [-0.39, 0.29) is 0 Å². The molecule has 0 amide bonds. The Bertz CT molecular complexity index is 2820. The Morgan fingerprint density at radius 3 is 1.18 bits per heavy atom. The van der Waals surface area contributed by atoms with Crippen molar-refractivity contribution in [3.8, 4) is 73.4 Å². The van der Waals surface area contributed by atoms with Gasteiger partial charge in [-0.05, 0) is 86.0 Å². The lowest BCUT2D eigenvalue weighted by atomic mass is 9.67. The molecule has 3 heteroatoms. The third kappa shape index (κ3) is 5.92. The number of benzene rings is 8. The molecule has 1 heterocycles. The molecule has 266 valence electrons. The maximum absolute atomic E-state index is 9.46. The van der Waals surface area contributed by atoms with Crippen molar-refractivity contribution in [1.82, 2.24) is 9.97 Å². The number of nitrogens with zero attached hydrogens (tertiary/aromatic N) is 3. The molecule has 0 atom stereocenters. The molecule has 1 aromatic heterocycles. The topological polar surface area (TPSA) is 49.6 Å². The van der Waals surface area contributed by atoms with Crippen molar-refractivity contribution >= 4 is 0 Å². The fourth-order valence-electron chi connectivity index (χ4n) is 8.49. The second kappa shape index (κ2) is 14.2. The van der Waals surface area contributed by atoms with Gasteiger partial charge in [0.05, 0.1) is 28.4 Å². The van der Waals surface area contributed by atoms with Crippen LogP contribution >= 0.6 is 0 Å². The van der Waals surface area contributed by atoms with Crippen LogP contribution < -0.4 is 0 Å². The zero-order valence-electron chi connectivity index (χ0n) is 31.0. The predicted octanol–water partition coefficient (Wildman–Crippen LogP) is 13.0. The molecule has 0 radical (unpaired) electrons. The minimum absolute atomic E-state index is 0.564. The first-order chi connectivity index (χ1) is 28.2. The fraction of sp³-hybridized carbons (Fsp3) is 0.0185. The van der Waals surface area contributed by atoms with Crippen molar-refractivity contribution in [2.75, 3.05) is 0 Å².